The van der Waals surface area contributed by atoms with E-state index >= 15 is 0 Å². The first kappa shape index (κ1) is 22.0. The SMILES string of the molecule is [CH2]NC[C@@H](c1ccccc1)c1ccc(CN(Cc2ccccc2)Cc2ccccc2)cc1. The van der Waals surface area contributed by atoms with E-state index in [1.807, 2.05) is 0 Å². The van der Waals surface area contributed by atoms with E-state index in [0.29, 0.717) is 5.92 Å². The van der Waals surface area contributed by atoms with Crippen LogP contribution in [0.4, 0.5) is 0 Å². The summed E-state index contributed by atoms with van der Waals surface area (Å²) in [5.41, 5.74) is 6.63. The zero-order valence-electron chi connectivity index (χ0n) is 18.5. The third kappa shape index (κ3) is 6.16. The first-order valence-corrected chi connectivity index (χ1v) is 11.3. The fraction of sp³-hybridized carbons (Fsp3) is 0.167. The molecule has 161 valence electrons. The highest BCUT2D eigenvalue weighted by Crippen LogP contribution is 2.25. The third-order valence-electron chi connectivity index (χ3n) is 5.84. The fourth-order valence-electron chi connectivity index (χ4n) is 4.22. The first-order valence-electron chi connectivity index (χ1n) is 11.3. The Balaban J connectivity index is 1.51. The maximum Gasteiger partial charge on any atom is 0.0240 e. The van der Waals surface area contributed by atoms with Crippen LogP contribution in [-0.4, -0.2) is 11.4 Å². The molecular formula is C30H31N2. The molecule has 0 aromatic heterocycles. The molecule has 2 nitrogen and oxygen atoms in total. The van der Waals surface area contributed by atoms with Gasteiger partial charge in [0.05, 0.1) is 0 Å². The largest absolute Gasteiger partial charge is 0.315 e. The van der Waals surface area contributed by atoms with Crippen molar-refractivity contribution in [3.63, 3.8) is 0 Å². The Morgan fingerprint density at radius 3 is 1.41 bits per heavy atom. The molecule has 2 heteroatoms. The van der Waals surface area contributed by atoms with Gasteiger partial charge < -0.3 is 5.32 Å². The van der Waals surface area contributed by atoms with Crippen LogP contribution in [0.25, 0.3) is 0 Å². The molecule has 0 saturated heterocycles. The summed E-state index contributed by atoms with van der Waals surface area (Å²) in [7, 11) is 3.86. The van der Waals surface area contributed by atoms with E-state index in [2.05, 4.69) is 133 Å². The number of nitrogens with zero attached hydrogens (tertiary/aromatic N) is 1. The van der Waals surface area contributed by atoms with Gasteiger partial charge in [0, 0.05) is 39.1 Å². The lowest BCUT2D eigenvalue weighted by Gasteiger charge is -2.23. The predicted octanol–water partition coefficient (Wildman–Crippen LogP) is 6.40. The molecule has 0 saturated carbocycles. The minimum Gasteiger partial charge on any atom is -0.315 e. The molecule has 0 amide bonds. The Kier molecular flexibility index (Phi) is 7.86. The van der Waals surface area contributed by atoms with Gasteiger partial charge in [0.15, 0.2) is 0 Å². The molecule has 0 fully saturated rings. The minimum atomic E-state index is 0.299. The summed E-state index contributed by atoms with van der Waals surface area (Å²) in [6.45, 7) is 3.58. The molecule has 0 aliphatic carbocycles. The molecule has 1 atom stereocenters. The van der Waals surface area contributed by atoms with Crippen molar-refractivity contribution in [3.8, 4) is 0 Å². The highest BCUT2D eigenvalue weighted by molar-refractivity contribution is 5.35. The molecule has 4 rings (SSSR count). The van der Waals surface area contributed by atoms with Gasteiger partial charge in [-0.25, -0.2) is 0 Å². The van der Waals surface area contributed by atoms with Crippen molar-refractivity contribution in [3.05, 3.63) is 150 Å². The average molecular weight is 420 g/mol. The number of nitrogens with one attached hydrogen (secondary N) is 1. The number of hydrogen-bond donors (Lipinski definition) is 1. The van der Waals surface area contributed by atoms with Crippen LogP contribution in [0.1, 0.15) is 33.7 Å². The number of rotatable bonds is 10. The van der Waals surface area contributed by atoms with Crippen molar-refractivity contribution in [1.82, 2.24) is 10.2 Å². The summed E-state index contributed by atoms with van der Waals surface area (Å²) in [5.74, 6) is 0.299. The molecule has 0 heterocycles. The molecule has 1 N–H and O–H groups in total. The van der Waals surface area contributed by atoms with E-state index in [0.717, 1.165) is 26.2 Å². The summed E-state index contributed by atoms with van der Waals surface area (Å²) >= 11 is 0. The molecule has 0 unspecified atom stereocenters. The summed E-state index contributed by atoms with van der Waals surface area (Å²) in [6.07, 6.45) is 0. The molecular weight excluding hydrogens is 388 g/mol. The van der Waals surface area contributed by atoms with Crippen LogP contribution in [-0.2, 0) is 19.6 Å². The lowest BCUT2D eigenvalue weighted by atomic mass is 9.90. The molecule has 1 radical (unpaired) electrons. The second-order valence-corrected chi connectivity index (χ2v) is 8.28. The Morgan fingerprint density at radius 1 is 0.531 bits per heavy atom. The van der Waals surface area contributed by atoms with Crippen molar-refractivity contribution in [2.75, 3.05) is 6.54 Å². The smallest absolute Gasteiger partial charge is 0.0240 e. The molecule has 0 spiro atoms. The van der Waals surface area contributed by atoms with Crippen molar-refractivity contribution in [2.45, 2.75) is 25.6 Å². The topological polar surface area (TPSA) is 15.3 Å². The van der Waals surface area contributed by atoms with Crippen LogP contribution in [0.5, 0.6) is 0 Å². The monoisotopic (exact) mass is 419 g/mol. The Labute approximate surface area is 192 Å². The van der Waals surface area contributed by atoms with Gasteiger partial charge in [-0.1, -0.05) is 115 Å². The summed E-state index contributed by atoms with van der Waals surface area (Å²) in [5, 5.41) is 3.11. The predicted molar refractivity (Wildman–Crippen MR) is 134 cm³/mol. The summed E-state index contributed by atoms with van der Waals surface area (Å²) < 4.78 is 0. The van der Waals surface area contributed by atoms with E-state index in [-0.39, 0.29) is 0 Å². The van der Waals surface area contributed by atoms with E-state index in [9.17, 15) is 0 Å². The highest BCUT2D eigenvalue weighted by atomic mass is 15.1. The number of hydrogen-bond acceptors (Lipinski definition) is 2. The zero-order valence-corrected chi connectivity index (χ0v) is 18.5. The van der Waals surface area contributed by atoms with Crippen LogP contribution < -0.4 is 5.32 Å². The summed E-state index contributed by atoms with van der Waals surface area (Å²) in [6, 6.07) is 41.2. The van der Waals surface area contributed by atoms with Crippen LogP contribution >= 0.6 is 0 Å². The van der Waals surface area contributed by atoms with Crippen molar-refractivity contribution in [2.24, 2.45) is 0 Å². The van der Waals surface area contributed by atoms with Gasteiger partial charge in [0.1, 0.15) is 0 Å². The van der Waals surface area contributed by atoms with Gasteiger partial charge in [-0.3, -0.25) is 4.90 Å². The zero-order chi connectivity index (χ0) is 22.0. The van der Waals surface area contributed by atoms with Gasteiger partial charge in [0.2, 0.25) is 0 Å². The second kappa shape index (κ2) is 11.4. The van der Waals surface area contributed by atoms with Crippen LogP contribution in [0.3, 0.4) is 0 Å². The third-order valence-corrected chi connectivity index (χ3v) is 5.84. The molecule has 4 aromatic rings. The normalized spacial score (nSPS) is 12.1. The first-order chi connectivity index (χ1) is 15.8. The van der Waals surface area contributed by atoms with E-state index in [4.69, 9.17) is 0 Å². The average Bonchev–Trinajstić information content (AvgIpc) is 2.85. The quantitative estimate of drug-likeness (QED) is 0.320. The van der Waals surface area contributed by atoms with Crippen LogP contribution in [0.15, 0.2) is 115 Å². The standard InChI is InChI=1S/C30H31N2/c1-31-21-30(28-15-9-4-10-16-28)29-19-17-27(18-20-29)24-32(22-25-11-5-2-6-12-25)23-26-13-7-3-8-14-26/h2-20,30-31H,1,21-24H2/t30-/m0/s1. The molecule has 4 aromatic carbocycles. The maximum atomic E-state index is 3.86. The lowest BCUT2D eigenvalue weighted by Crippen LogP contribution is -2.22. The maximum absolute atomic E-state index is 3.86. The Bertz CT molecular complexity index is 1000. The highest BCUT2D eigenvalue weighted by Gasteiger charge is 2.14. The molecule has 0 bridgehead atoms. The fourth-order valence-corrected chi connectivity index (χ4v) is 4.22. The van der Waals surface area contributed by atoms with Crippen LogP contribution in [0, 0.1) is 7.05 Å². The van der Waals surface area contributed by atoms with Crippen molar-refractivity contribution >= 4 is 0 Å². The van der Waals surface area contributed by atoms with Gasteiger partial charge in [0.25, 0.3) is 0 Å². The van der Waals surface area contributed by atoms with Crippen molar-refractivity contribution in [1.29, 1.82) is 0 Å². The summed E-state index contributed by atoms with van der Waals surface area (Å²) in [4.78, 5) is 2.51. The Hall–Kier alpha value is -3.20. The molecule has 0 aliphatic heterocycles. The van der Waals surface area contributed by atoms with Gasteiger partial charge in [-0.2, -0.15) is 0 Å². The second-order valence-electron chi connectivity index (χ2n) is 8.28. The van der Waals surface area contributed by atoms with E-state index in [1.54, 1.807) is 0 Å². The Morgan fingerprint density at radius 2 is 0.938 bits per heavy atom. The van der Waals surface area contributed by atoms with Gasteiger partial charge in [-0.05, 0) is 27.8 Å². The van der Waals surface area contributed by atoms with Crippen LogP contribution in [0.2, 0.25) is 0 Å². The molecule has 32 heavy (non-hydrogen) atoms. The van der Waals surface area contributed by atoms with E-state index in [1.165, 1.54) is 27.8 Å². The molecule has 0 aliphatic rings. The van der Waals surface area contributed by atoms with Crippen molar-refractivity contribution < 1.29 is 0 Å². The van der Waals surface area contributed by atoms with Gasteiger partial charge >= 0.3 is 0 Å². The van der Waals surface area contributed by atoms with Gasteiger partial charge in [-0.15, -0.1) is 0 Å². The minimum absolute atomic E-state index is 0.299. The lowest BCUT2D eigenvalue weighted by molar-refractivity contribution is 0.247. The van der Waals surface area contributed by atoms with E-state index < -0.39 is 0 Å². The number of benzene rings is 4.